The fourth-order valence-electron chi connectivity index (χ4n) is 2.05. The molecule has 17 heavy (non-hydrogen) atoms. The third-order valence-electron chi connectivity index (χ3n) is 3.32. The van der Waals surface area contributed by atoms with Crippen LogP contribution in [-0.2, 0) is 0 Å². The van der Waals surface area contributed by atoms with Gasteiger partial charge in [-0.25, -0.2) is 4.58 Å². The Morgan fingerprint density at radius 1 is 1.06 bits per heavy atom. The van der Waals surface area contributed by atoms with E-state index in [0.717, 1.165) is 0 Å². The van der Waals surface area contributed by atoms with Gasteiger partial charge in [-0.05, 0) is 18.3 Å². The summed E-state index contributed by atoms with van der Waals surface area (Å²) in [5.41, 5.74) is 0.664. The Bertz CT molecular complexity index is 164. The summed E-state index contributed by atoms with van der Waals surface area (Å²) in [5.74, 6) is 0. The lowest BCUT2D eigenvalue weighted by molar-refractivity contribution is -0.495. The Kier molecular flexibility index (Phi) is 17.7. The number of nitrogens with zero attached hydrogens (tertiary/aromatic N) is 1. The SMILES string of the molecule is C.CC.CC.CC=[N+](C)CCC1(C)CCCC1. The molecule has 1 saturated carbocycles. The van der Waals surface area contributed by atoms with E-state index in [4.69, 9.17) is 0 Å². The van der Waals surface area contributed by atoms with Crippen molar-refractivity contribution < 1.29 is 4.58 Å². The predicted molar refractivity (Wildman–Crippen MR) is 83.4 cm³/mol. The van der Waals surface area contributed by atoms with Gasteiger partial charge in [-0.15, -0.1) is 0 Å². The zero-order chi connectivity index (χ0) is 13.0. The summed E-state index contributed by atoms with van der Waals surface area (Å²) in [7, 11) is 2.16. The average Bonchev–Trinajstić information content (AvgIpc) is 2.79. The third-order valence-corrected chi connectivity index (χ3v) is 3.32. The summed E-state index contributed by atoms with van der Waals surface area (Å²) >= 11 is 0. The van der Waals surface area contributed by atoms with Crippen molar-refractivity contribution in [1.29, 1.82) is 0 Å². The van der Waals surface area contributed by atoms with Crippen molar-refractivity contribution in [2.24, 2.45) is 5.41 Å². The molecule has 0 unspecified atom stereocenters. The predicted octanol–water partition coefficient (Wildman–Crippen LogP) is 5.38. The molecule has 1 rings (SSSR count). The van der Waals surface area contributed by atoms with Crippen LogP contribution in [0.15, 0.2) is 0 Å². The Morgan fingerprint density at radius 2 is 1.47 bits per heavy atom. The Morgan fingerprint density at radius 3 is 1.82 bits per heavy atom. The smallest absolute Gasteiger partial charge is 0.142 e. The molecule has 0 heterocycles. The minimum atomic E-state index is 0. The van der Waals surface area contributed by atoms with Gasteiger partial charge in [-0.2, -0.15) is 0 Å². The van der Waals surface area contributed by atoms with E-state index in [1.807, 2.05) is 27.7 Å². The van der Waals surface area contributed by atoms with Crippen molar-refractivity contribution in [3.05, 3.63) is 0 Å². The maximum Gasteiger partial charge on any atom is 0.142 e. The molecule has 0 aromatic carbocycles. The Labute approximate surface area is 111 Å². The van der Waals surface area contributed by atoms with Gasteiger partial charge < -0.3 is 0 Å². The highest BCUT2D eigenvalue weighted by Crippen LogP contribution is 2.40. The van der Waals surface area contributed by atoms with E-state index in [9.17, 15) is 0 Å². The van der Waals surface area contributed by atoms with E-state index < -0.39 is 0 Å². The molecule has 1 aliphatic carbocycles. The lowest BCUT2D eigenvalue weighted by Gasteiger charge is -2.21. The van der Waals surface area contributed by atoms with Crippen LogP contribution in [0.3, 0.4) is 0 Å². The monoisotopic (exact) mass is 244 g/mol. The maximum atomic E-state index is 2.45. The quantitative estimate of drug-likeness (QED) is 0.463. The molecule has 0 spiro atoms. The normalized spacial score (nSPS) is 17.0. The van der Waals surface area contributed by atoms with Crippen molar-refractivity contribution in [2.75, 3.05) is 13.6 Å². The molecule has 0 aromatic rings. The maximum absolute atomic E-state index is 2.45. The van der Waals surface area contributed by atoms with Gasteiger partial charge in [0.1, 0.15) is 19.8 Å². The summed E-state index contributed by atoms with van der Waals surface area (Å²) in [6.07, 6.45) is 9.34. The van der Waals surface area contributed by atoms with Gasteiger partial charge in [0, 0.05) is 13.3 Å². The van der Waals surface area contributed by atoms with E-state index in [-0.39, 0.29) is 7.43 Å². The summed E-state index contributed by atoms with van der Waals surface area (Å²) in [6.45, 7) is 13.8. The second-order valence-electron chi connectivity index (χ2n) is 4.51. The van der Waals surface area contributed by atoms with Crippen LogP contribution >= 0.6 is 0 Å². The van der Waals surface area contributed by atoms with Crippen LogP contribution < -0.4 is 0 Å². The summed E-state index contributed by atoms with van der Waals surface area (Å²) in [4.78, 5) is 0. The lowest BCUT2D eigenvalue weighted by Crippen LogP contribution is -2.18. The van der Waals surface area contributed by atoms with Crippen LogP contribution in [0.2, 0.25) is 0 Å². The molecule has 0 aromatic heterocycles. The molecule has 1 nitrogen and oxygen atoms in total. The summed E-state index contributed by atoms with van der Waals surface area (Å²) in [5, 5.41) is 0. The van der Waals surface area contributed by atoms with Crippen molar-refractivity contribution >= 4 is 6.21 Å². The number of hydrogen-bond donors (Lipinski definition) is 0. The minimum absolute atomic E-state index is 0. The molecule has 1 fully saturated rings. The molecule has 1 aliphatic rings. The summed E-state index contributed by atoms with van der Waals surface area (Å²) < 4.78 is 2.30. The molecular weight excluding hydrogens is 206 g/mol. The third kappa shape index (κ3) is 10.5. The Hall–Kier alpha value is -0.330. The van der Waals surface area contributed by atoms with Gasteiger partial charge in [0.25, 0.3) is 0 Å². The summed E-state index contributed by atoms with van der Waals surface area (Å²) in [6, 6.07) is 0. The molecule has 106 valence electrons. The van der Waals surface area contributed by atoms with Crippen molar-refractivity contribution in [3.8, 4) is 0 Å². The first-order chi connectivity index (χ1) is 7.66. The molecule has 1 heteroatoms. The molecule has 0 bridgehead atoms. The largest absolute Gasteiger partial charge is 0.242 e. The molecule has 0 atom stereocenters. The second kappa shape index (κ2) is 13.7. The van der Waals surface area contributed by atoms with E-state index in [1.54, 1.807) is 0 Å². The fourth-order valence-corrected chi connectivity index (χ4v) is 2.05. The molecule has 0 amide bonds. The topological polar surface area (TPSA) is 3.01 Å². The first-order valence-electron chi connectivity index (χ1n) is 7.16. The van der Waals surface area contributed by atoms with E-state index in [0.29, 0.717) is 5.41 Å². The van der Waals surface area contributed by atoms with Crippen LogP contribution in [0, 0.1) is 5.41 Å². The highest BCUT2D eigenvalue weighted by atomic mass is 14.9. The van der Waals surface area contributed by atoms with Gasteiger partial charge in [0.15, 0.2) is 0 Å². The zero-order valence-electron chi connectivity index (χ0n) is 12.8. The van der Waals surface area contributed by atoms with Gasteiger partial charge >= 0.3 is 0 Å². The lowest BCUT2D eigenvalue weighted by atomic mass is 9.85. The average molecular weight is 244 g/mol. The highest BCUT2D eigenvalue weighted by Gasteiger charge is 2.29. The van der Waals surface area contributed by atoms with Crippen LogP contribution in [0.25, 0.3) is 0 Å². The van der Waals surface area contributed by atoms with Crippen molar-refractivity contribution in [3.63, 3.8) is 0 Å². The van der Waals surface area contributed by atoms with Crippen molar-refractivity contribution in [2.45, 2.75) is 81.1 Å². The second-order valence-corrected chi connectivity index (χ2v) is 4.51. The van der Waals surface area contributed by atoms with Gasteiger partial charge in [0.2, 0.25) is 0 Å². The standard InChI is InChI=1S/C11H22N.2C2H6.CH4/c1-4-12(3)10-9-11(2)7-5-6-8-11;2*1-2;/h4H,5-10H2,1-3H3;2*1-2H3;1H4/q+1;;;. The van der Waals surface area contributed by atoms with E-state index in [2.05, 4.69) is 31.7 Å². The van der Waals surface area contributed by atoms with Crippen LogP contribution in [-0.4, -0.2) is 24.4 Å². The van der Waals surface area contributed by atoms with Gasteiger partial charge in [-0.1, -0.05) is 54.9 Å². The molecule has 0 N–H and O–H groups in total. The van der Waals surface area contributed by atoms with Crippen molar-refractivity contribution in [1.82, 2.24) is 0 Å². The number of hydrogen-bond acceptors (Lipinski definition) is 0. The minimum Gasteiger partial charge on any atom is -0.242 e. The highest BCUT2D eigenvalue weighted by molar-refractivity contribution is 5.46. The first kappa shape index (κ1) is 21.9. The van der Waals surface area contributed by atoms with E-state index >= 15 is 0 Å². The Balaban J connectivity index is -0.000000355. The van der Waals surface area contributed by atoms with Gasteiger partial charge in [-0.3, -0.25) is 0 Å². The van der Waals surface area contributed by atoms with E-state index in [1.165, 1.54) is 38.6 Å². The zero-order valence-corrected chi connectivity index (χ0v) is 12.8. The molecular formula is C16H38N+. The molecule has 0 aliphatic heterocycles. The molecule has 0 saturated heterocycles. The number of rotatable bonds is 3. The molecule has 0 radical (unpaired) electrons. The first-order valence-corrected chi connectivity index (χ1v) is 7.16. The van der Waals surface area contributed by atoms with Gasteiger partial charge in [0.05, 0.1) is 0 Å². The fraction of sp³-hybridized carbons (Fsp3) is 0.938. The van der Waals surface area contributed by atoms with Crippen LogP contribution in [0.1, 0.15) is 81.1 Å². The van der Waals surface area contributed by atoms with Crippen LogP contribution in [0.4, 0.5) is 0 Å². The van der Waals surface area contributed by atoms with Crippen LogP contribution in [0.5, 0.6) is 0 Å².